The molecule has 0 bridgehead atoms. The highest BCUT2D eigenvalue weighted by molar-refractivity contribution is 5.86. The first-order valence-electron chi connectivity index (χ1n) is 7.38. The largest absolute Gasteiger partial charge is 0.467 e. The average Bonchev–Trinajstić information content (AvgIpc) is 2.52. The van der Waals surface area contributed by atoms with Gasteiger partial charge < -0.3 is 20.2 Å². The van der Waals surface area contributed by atoms with Crippen LogP contribution < -0.4 is 16.1 Å². The third-order valence-corrected chi connectivity index (χ3v) is 3.25. The molecule has 128 valence electrons. The zero-order chi connectivity index (χ0) is 17.3. The fourth-order valence-corrected chi connectivity index (χ4v) is 2.04. The van der Waals surface area contributed by atoms with Crippen molar-refractivity contribution in [2.75, 3.05) is 14.2 Å². The number of methoxy groups -OCH3 is 1. The van der Waals surface area contributed by atoms with Gasteiger partial charge in [-0.25, -0.2) is 9.59 Å². The number of amides is 2. The van der Waals surface area contributed by atoms with Crippen LogP contribution in [0.4, 0.5) is 4.79 Å². The number of rotatable bonds is 8. The summed E-state index contributed by atoms with van der Waals surface area (Å²) >= 11 is 0. The summed E-state index contributed by atoms with van der Waals surface area (Å²) in [6.07, 6.45) is 1.00. The molecule has 23 heavy (non-hydrogen) atoms. The number of esters is 1. The van der Waals surface area contributed by atoms with E-state index >= 15 is 0 Å². The summed E-state index contributed by atoms with van der Waals surface area (Å²) in [6, 6.07) is 9.44. The lowest BCUT2D eigenvalue weighted by Gasteiger charge is -2.25. The van der Waals surface area contributed by atoms with Crippen LogP contribution in [0.15, 0.2) is 30.3 Å². The third-order valence-electron chi connectivity index (χ3n) is 3.25. The Morgan fingerprint density at radius 2 is 1.83 bits per heavy atom. The monoisotopic (exact) mass is 323 g/mol. The van der Waals surface area contributed by atoms with Crippen LogP contribution in [-0.2, 0) is 20.8 Å². The summed E-state index contributed by atoms with van der Waals surface area (Å²) in [4.78, 5) is 28.5. The molecule has 3 N–H and O–H groups in total. The van der Waals surface area contributed by atoms with Gasteiger partial charge in [-0.05, 0) is 32.3 Å². The van der Waals surface area contributed by atoms with Crippen LogP contribution in [0.3, 0.4) is 0 Å². The molecule has 7 heteroatoms. The van der Waals surface area contributed by atoms with Crippen molar-refractivity contribution in [3.8, 4) is 0 Å². The lowest BCUT2D eigenvalue weighted by molar-refractivity contribution is -0.146. The van der Waals surface area contributed by atoms with Crippen molar-refractivity contribution in [2.24, 2.45) is 0 Å². The van der Waals surface area contributed by atoms with E-state index < -0.39 is 23.7 Å². The number of ether oxygens (including phenoxy) is 1. The molecule has 0 aliphatic rings. The highest BCUT2D eigenvalue weighted by Crippen LogP contribution is 2.06. The topological polar surface area (TPSA) is 88.7 Å². The predicted molar refractivity (Wildman–Crippen MR) is 86.5 cm³/mol. The first kappa shape index (κ1) is 18.9. The molecule has 0 heterocycles. The molecule has 2 amide bonds. The lowest BCUT2D eigenvalue weighted by atomic mass is 10.1. The Hall–Kier alpha value is -2.12. The van der Waals surface area contributed by atoms with Gasteiger partial charge in [0, 0.05) is 0 Å². The van der Waals surface area contributed by atoms with E-state index in [4.69, 9.17) is 4.84 Å². The highest BCUT2D eigenvalue weighted by atomic mass is 16.6. The first-order valence-corrected chi connectivity index (χ1v) is 7.38. The standard InChI is InChI=1S/C16H25N3O4/c1-16(2,14(20)22-3)18-15(21)17-13(19-23-4)11-10-12-8-6-5-7-9-12/h5-9,13,19H,10-11H2,1-4H3,(H2,17,18,21). The number of hydrogen-bond acceptors (Lipinski definition) is 5. The second-order valence-electron chi connectivity index (χ2n) is 5.61. The Labute approximate surface area is 136 Å². The molecule has 1 unspecified atom stereocenters. The van der Waals surface area contributed by atoms with Crippen LogP contribution in [0, 0.1) is 0 Å². The molecule has 0 saturated carbocycles. The summed E-state index contributed by atoms with van der Waals surface area (Å²) in [6.45, 7) is 3.14. The molecule has 0 saturated heterocycles. The third kappa shape index (κ3) is 6.66. The first-order chi connectivity index (χ1) is 10.9. The zero-order valence-corrected chi connectivity index (χ0v) is 14.0. The summed E-state index contributed by atoms with van der Waals surface area (Å²) < 4.78 is 4.65. The van der Waals surface area contributed by atoms with Gasteiger partial charge in [-0.15, -0.1) is 0 Å². The van der Waals surface area contributed by atoms with Crippen molar-refractivity contribution in [1.82, 2.24) is 16.1 Å². The van der Waals surface area contributed by atoms with Crippen LogP contribution in [0.2, 0.25) is 0 Å². The van der Waals surface area contributed by atoms with Crippen molar-refractivity contribution in [3.05, 3.63) is 35.9 Å². The molecule has 0 aliphatic heterocycles. The quantitative estimate of drug-likeness (QED) is 0.382. The highest BCUT2D eigenvalue weighted by Gasteiger charge is 2.31. The van der Waals surface area contributed by atoms with Crippen LogP contribution in [0.5, 0.6) is 0 Å². The van der Waals surface area contributed by atoms with E-state index in [9.17, 15) is 9.59 Å². The fourth-order valence-electron chi connectivity index (χ4n) is 2.04. The van der Waals surface area contributed by atoms with Gasteiger partial charge in [0.05, 0.1) is 14.2 Å². The van der Waals surface area contributed by atoms with E-state index in [-0.39, 0.29) is 0 Å². The number of nitrogens with one attached hydrogen (secondary N) is 3. The maximum atomic E-state index is 12.1. The molecule has 0 aliphatic carbocycles. The summed E-state index contributed by atoms with van der Waals surface area (Å²) in [5, 5.41) is 5.30. The Balaban J connectivity index is 2.54. The van der Waals surface area contributed by atoms with Gasteiger partial charge in [-0.3, -0.25) is 0 Å². The van der Waals surface area contributed by atoms with E-state index in [2.05, 4.69) is 20.9 Å². The number of carbonyl (C=O) groups is 2. The van der Waals surface area contributed by atoms with Crippen molar-refractivity contribution in [3.63, 3.8) is 0 Å². The van der Waals surface area contributed by atoms with E-state index in [1.54, 1.807) is 13.8 Å². The minimum atomic E-state index is -1.12. The van der Waals surface area contributed by atoms with Gasteiger partial charge in [0.1, 0.15) is 11.7 Å². The van der Waals surface area contributed by atoms with Crippen molar-refractivity contribution in [2.45, 2.75) is 38.4 Å². The van der Waals surface area contributed by atoms with E-state index in [1.165, 1.54) is 14.2 Å². The van der Waals surface area contributed by atoms with E-state index in [0.717, 1.165) is 12.0 Å². The van der Waals surface area contributed by atoms with E-state index in [0.29, 0.717) is 6.42 Å². The van der Waals surface area contributed by atoms with Crippen LogP contribution >= 0.6 is 0 Å². The lowest BCUT2D eigenvalue weighted by Crippen LogP contribution is -2.57. The van der Waals surface area contributed by atoms with Crippen LogP contribution in [-0.4, -0.2) is 37.9 Å². The molecular formula is C16H25N3O4. The molecule has 1 rings (SSSR count). The van der Waals surface area contributed by atoms with Gasteiger partial charge in [0.25, 0.3) is 0 Å². The normalized spacial score (nSPS) is 12.3. The van der Waals surface area contributed by atoms with E-state index in [1.807, 2.05) is 30.3 Å². The van der Waals surface area contributed by atoms with Gasteiger partial charge in [-0.2, -0.15) is 5.48 Å². The Morgan fingerprint density at radius 3 is 2.39 bits per heavy atom. The second-order valence-corrected chi connectivity index (χ2v) is 5.61. The van der Waals surface area contributed by atoms with Crippen molar-refractivity contribution < 1.29 is 19.2 Å². The second kappa shape index (κ2) is 9.12. The maximum Gasteiger partial charge on any atom is 0.331 e. The number of benzene rings is 1. The minimum absolute atomic E-state index is 0.395. The van der Waals surface area contributed by atoms with Gasteiger partial charge in [0.15, 0.2) is 0 Å². The van der Waals surface area contributed by atoms with Gasteiger partial charge >= 0.3 is 12.0 Å². The average molecular weight is 323 g/mol. The van der Waals surface area contributed by atoms with Gasteiger partial charge in [-0.1, -0.05) is 30.3 Å². The molecule has 0 aromatic heterocycles. The molecule has 0 fully saturated rings. The maximum absolute atomic E-state index is 12.1. The number of urea groups is 1. The van der Waals surface area contributed by atoms with Crippen LogP contribution in [0.25, 0.3) is 0 Å². The Bertz CT molecular complexity index is 505. The Morgan fingerprint density at radius 1 is 1.17 bits per heavy atom. The Kier molecular flexibility index (Phi) is 7.50. The molecule has 1 aromatic rings. The fraction of sp³-hybridized carbons (Fsp3) is 0.500. The number of aryl methyl sites for hydroxylation is 1. The molecule has 1 atom stereocenters. The molecule has 7 nitrogen and oxygen atoms in total. The smallest absolute Gasteiger partial charge is 0.331 e. The van der Waals surface area contributed by atoms with Gasteiger partial charge in [0.2, 0.25) is 0 Å². The number of hydroxylamine groups is 1. The molecule has 0 radical (unpaired) electrons. The summed E-state index contributed by atoms with van der Waals surface area (Å²) in [7, 11) is 2.76. The zero-order valence-electron chi connectivity index (χ0n) is 14.0. The summed E-state index contributed by atoms with van der Waals surface area (Å²) in [5.74, 6) is -0.520. The molecule has 1 aromatic carbocycles. The predicted octanol–water partition coefficient (Wildman–Crippen LogP) is 1.35. The van der Waals surface area contributed by atoms with Crippen molar-refractivity contribution >= 4 is 12.0 Å². The minimum Gasteiger partial charge on any atom is -0.467 e. The van der Waals surface area contributed by atoms with Crippen LogP contribution in [0.1, 0.15) is 25.8 Å². The number of carbonyl (C=O) groups excluding carboxylic acids is 2. The number of hydrogen-bond donors (Lipinski definition) is 3. The summed E-state index contributed by atoms with van der Waals surface area (Å²) in [5.41, 5.74) is 2.77. The molecular weight excluding hydrogens is 298 g/mol. The SMILES string of the molecule is CONC(CCc1ccccc1)NC(=O)NC(C)(C)C(=O)OC. The van der Waals surface area contributed by atoms with Crippen molar-refractivity contribution in [1.29, 1.82) is 0 Å². The molecule has 0 spiro atoms.